The minimum absolute atomic E-state index is 0.0870. The van der Waals surface area contributed by atoms with E-state index in [2.05, 4.69) is 26.6 Å². The number of halogens is 2. The van der Waals surface area contributed by atoms with E-state index >= 15 is 0 Å². The van der Waals surface area contributed by atoms with Crippen LogP contribution >= 0.6 is 15.9 Å². The summed E-state index contributed by atoms with van der Waals surface area (Å²) in [4.78, 5) is 0. The number of rotatable bonds is 5. The maximum atomic E-state index is 13.6. The lowest BCUT2D eigenvalue weighted by Gasteiger charge is -2.15. The highest BCUT2D eigenvalue weighted by Crippen LogP contribution is 2.29. The van der Waals surface area contributed by atoms with Crippen LogP contribution in [-0.4, -0.2) is 36.5 Å². The lowest BCUT2D eigenvalue weighted by molar-refractivity contribution is 0.105. The predicted molar refractivity (Wildman–Crippen MR) is 65.2 cm³/mol. The highest BCUT2D eigenvalue weighted by molar-refractivity contribution is 9.10. The monoisotopic (exact) mass is 292 g/mol. The van der Waals surface area contributed by atoms with Gasteiger partial charge in [0.25, 0.3) is 0 Å². The van der Waals surface area contributed by atoms with Gasteiger partial charge in [-0.2, -0.15) is 0 Å². The maximum absolute atomic E-state index is 13.6. The summed E-state index contributed by atoms with van der Waals surface area (Å²) in [5.74, 6) is -0.427. The van der Waals surface area contributed by atoms with Gasteiger partial charge in [0.05, 0.1) is 24.1 Å². The van der Waals surface area contributed by atoms with Crippen LogP contribution in [0.2, 0.25) is 0 Å². The second-order valence-electron chi connectivity index (χ2n) is 3.28. The number of hydrogen-bond donors (Lipinski definition) is 4. The summed E-state index contributed by atoms with van der Waals surface area (Å²) in [6.45, 7) is -0.274. The zero-order valence-corrected chi connectivity index (χ0v) is 10.4. The van der Waals surface area contributed by atoms with Gasteiger partial charge in [-0.1, -0.05) is 15.9 Å². The molecule has 0 saturated heterocycles. The van der Waals surface area contributed by atoms with E-state index in [1.165, 1.54) is 6.07 Å². The van der Waals surface area contributed by atoms with Crippen molar-refractivity contribution in [2.45, 2.75) is 6.10 Å². The van der Waals surface area contributed by atoms with Crippen molar-refractivity contribution in [3.8, 4) is 0 Å². The fraction of sp³-hybridized carbons (Fsp3) is 0.400. The van der Waals surface area contributed by atoms with E-state index < -0.39 is 11.9 Å². The Balaban J connectivity index is 2.85. The van der Waals surface area contributed by atoms with Gasteiger partial charge >= 0.3 is 0 Å². The molecule has 1 rings (SSSR count). The zero-order chi connectivity index (χ0) is 12.1. The van der Waals surface area contributed by atoms with Gasteiger partial charge in [-0.15, -0.1) is 0 Å². The second-order valence-corrected chi connectivity index (χ2v) is 4.19. The molecule has 0 heterocycles. The Hall–Kier alpha value is -0.850. The number of nitrogens with one attached hydrogen (secondary N) is 2. The van der Waals surface area contributed by atoms with E-state index in [1.54, 1.807) is 13.1 Å². The molecule has 0 radical (unpaired) electrons. The van der Waals surface area contributed by atoms with Crippen molar-refractivity contribution in [2.75, 3.05) is 30.8 Å². The zero-order valence-electron chi connectivity index (χ0n) is 8.80. The van der Waals surface area contributed by atoms with Crippen LogP contribution in [0.4, 0.5) is 15.8 Å². The van der Waals surface area contributed by atoms with Crippen LogP contribution in [0, 0.1) is 5.82 Å². The molecule has 1 atom stereocenters. The molecule has 0 aliphatic carbocycles. The molecule has 0 aliphatic rings. The summed E-state index contributed by atoms with van der Waals surface area (Å²) in [6.07, 6.45) is -0.909. The van der Waals surface area contributed by atoms with E-state index in [9.17, 15) is 4.39 Å². The molecule has 0 saturated carbocycles. The molecule has 0 bridgehead atoms. The maximum Gasteiger partial charge on any atom is 0.149 e. The Morgan fingerprint density at radius 3 is 2.75 bits per heavy atom. The molecule has 16 heavy (non-hydrogen) atoms. The summed E-state index contributed by atoms with van der Waals surface area (Å²) >= 11 is 3.18. The van der Waals surface area contributed by atoms with E-state index in [-0.39, 0.29) is 18.8 Å². The molecule has 1 unspecified atom stereocenters. The van der Waals surface area contributed by atoms with Gasteiger partial charge in [0.1, 0.15) is 5.82 Å². The molecule has 6 heteroatoms. The summed E-state index contributed by atoms with van der Waals surface area (Å²) in [5.41, 5.74) is 0.857. The minimum Gasteiger partial charge on any atom is -0.394 e. The van der Waals surface area contributed by atoms with Crippen LogP contribution < -0.4 is 10.6 Å². The standard InChI is InChI=1S/C10H14BrFN2O2/c1-13-9-3-6(11)2-8(12)10(9)14-4-7(16)5-15/h2-3,7,13-16H,4-5H2,1H3. The van der Waals surface area contributed by atoms with Gasteiger partial charge in [-0.3, -0.25) is 0 Å². The van der Waals surface area contributed by atoms with Crippen molar-refractivity contribution in [2.24, 2.45) is 0 Å². The first-order valence-electron chi connectivity index (χ1n) is 4.78. The van der Waals surface area contributed by atoms with Gasteiger partial charge in [0, 0.05) is 18.1 Å². The second kappa shape index (κ2) is 6.03. The Morgan fingerprint density at radius 2 is 2.19 bits per heavy atom. The molecule has 1 aromatic carbocycles. The quantitative estimate of drug-likeness (QED) is 0.662. The molecule has 0 aromatic heterocycles. The Labute approximate surface area is 102 Å². The van der Waals surface area contributed by atoms with Crippen molar-refractivity contribution in [1.82, 2.24) is 0 Å². The van der Waals surface area contributed by atoms with Gasteiger partial charge in [-0.25, -0.2) is 4.39 Å². The van der Waals surface area contributed by atoms with E-state index in [4.69, 9.17) is 10.2 Å². The van der Waals surface area contributed by atoms with Crippen molar-refractivity contribution in [1.29, 1.82) is 0 Å². The first-order valence-corrected chi connectivity index (χ1v) is 5.57. The number of aliphatic hydroxyl groups is 2. The van der Waals surface area contributed by atoms with Crippen LogP contribution in [0.25, 0.3) is 0 Å². The van der Waals surface area contributed by atoms with Gasteiger partial charge in [0.15, 0.2) is 0 Å². The van der Waals surface area contributed by atoms with E-state index in [1.807, 2.05) is 0 Å². The van der Waals surface area contributed by atoms with Gasteiger partial charge in [0.2, 0.25) is 0 Å². The lowest BCUT2D eigenvalue weighted by Crippen LogP contribution is -2.23. The topological polar surface area (TPSA) is 64.5 Å². The molecule has 4 N–H and O–H groups in total. The van der Waals surface area contributed by atoms with Gasteiger partial charge < -0.3 is 20.8 Å². The first-order chi connectivity index (χ1) is 7.58. The number of anilines is 2. The fourth-order valence-corrected chi connectivity index (χ4v) is 1.66. The van der Waals surface area contributed by atoms with E-state index in [0.29, 0.717) is 10.2 Å². The molecular formula is C10H14BrFN2O2. The van der Waals surface area contributed by atoms with Crippen molar-refractivity contribution in [3.05, 3.63) is 22.4 Å². The summed E-state index contributed by atoms with van der Waals surface area (Å²) < 4.78 is 14.2. The van der Waals surface area contributed by atoms with Crippen LogP contribution in [0.5, 0.6) is 0 Å². The Bertz CT molecular complexity index is 363. The molecule has 90 valence electrons. The summed E-state index contributed by atoms with van der Waals surface area (Å²) in [7, 11) is 1.68. The largest absolute Gasteiger partial charge is 0.394 e. The Morgan fingerprint density at radius 1 is 1.50 bits per heavy atom. The third-order valence-electron chi connectivity index (χ3n) is 2.05. The van der Waals surface area contributed by atoms with Crippen LogP contribution in [-0.2, 0) is 0 Å². The number of benzene rings is 1. The molecule has 4 nitrogen and oxygen atoms in total. The smallest absolute Gasteiger partial charge is 0.149 e. The van der Waals surface area contributed by atoms with Crippen molar-refractivity contribution < 1.29 is 14.6 Å². The predicted octanol–water partition coefficient (Wildman–Crippen LogP) is 1.39. The van der Waals surface area contributed by atoms with Crippen LogP contribution in [0.1, 0.15) is 0 Å². The third kappa shape index (κ3) is 3.33. The van der Waals surface area contributed by atoms with Gasteiger partial charge in [-0.05, 0) is 12.1 Å². The molecule has 0 spiro atoms. The average molecular weight is 293 g/mol. The highest BCUT2D eigenvalue weighted by atomic mass is 79.9. The SMILES string of the molecule is CNc1cc(Br)cc(F)c1NCC(O)CO. The fourth-order valence-electron chi connectivity index (χ4n) is 1.23. The van der Waals surface area contributed by atoms with Crippen LogP contribution in [0.3, 0.4) is 0 Å². The van der Waals surface area contributed by atoms with Crippen LogP contribution in [0.15, 0.2) is 16.6 Å². The molecule has 0 fully saturated rings. The highest BCUT2D eigenvalue weighted by Gasteiger charge is 2.10. The minimum atomic E-state index is -0.909. The average Bonchev–Trinajstić information content (AvgIpc) is 2.26. The number of aliphatic hydroxyl groups excluding tert-OH is 2. The molecule has 1 aromatic rings. The van der Waals surface area contributed by atoms with Crippen molar-refractivity contribution in [3.63, 3.8) is 0 Å². The molecular weight excluding hydrogens is 279 g/mol. The van der Waals surface area contributed by atoms with E-state index in [0.717, 1.165) is 0 Å². The first kappa shape index (κ1) is 13.2. The Kier molecular flexibility index (Phi) is 4.98. The number of hydrogen-bond acceptors (Lipinski definition) is 4. The lowest BCUT2D eigenvalue weighted by atomic mass is 10.2. The molecule has 0 amide bonds. The third-order valence-corrected chi connectivity index (χ3v) is 2.51. The summed E-state index contributed by atoms with van der Waals surface area (Å²) in [6, 6.07) is 3.05. The normalized spacial score (nSPS) is 12.3. The summed E-state index contributed by atoms with van der Waals surface area (Å²) in [5, 5.41) is 23.4. The van der Waals surface area contributed by atoms with Crippen molar-refractivity contribution >= 4 is 27.3 Å². The molecule has 0 aliphatic heterocycles.